The van der Waals surface area contributed by atoms with E-state index >= 15 is 0 Å². The van der Waals surface area contributed by atoms with Crippen LogP contribution in [-0.2, 0) is 23.8 Å². The number of hydrogen-bond acceptors (Lipinski definition) is 7. The van der Waals surface area contributed by atoms with Gasteiger partial charge in [0.1, 0.15) is 11.8 Å². The normalized spacial score (nSPS) is 43.4. The number of carbonyl (C=O) groups excluding carboxylic acids is 2. The van der Waals surface area contributed by atoms with E-state index in [0.717, 1.165) is 76.0 Å². The second-order valence-corrected chi connectivity index (χ2v) is 12.4. The van der Waals surface area contributed by atoms with Gasteiger partial charge in [-0.15, -0.1) is 0 Å². The second kappa shape index (κ2) is 12.5. The fourth-order valence-corrected chi connectivity index (χ4v) is 7.91. The number of carbonyl (C=O) groups is 2. The van der Waals surface area contributed by atoms with Gasteiger partial charge in [0, 0.05) is 33.9 Å². The van der Waals surface area contributed by atoms with Crippen molar-refractivity contribution >= 4 is 11.8 Å². The van der Waals surface area contributed by atoms with E-state index in [1.807, 2.05) is 4.90 Å². The van der Waals surface area contributed by atoms with Gasteiger partial charge in [-0.25, -0.2) is 5.32 Å². The molecular weight excluding hydrogens is 486 g/mol. The molecule has 5 aliphatic rings. The van der Waals surface area contributed by atoms with Crippen molar-refractivity contribution in [2.24, 2.45) is 29.4 Å². The summed E-state index contributed by atoms with van der Waals surface area (Å²) in [6.07, 6.45) is 8.70. The Morgan fingerprint density at radius 2 is 1.97 bits per heavy atom. The van der Waals surface area contributed by atoms with Crippen LogP contribution in [0.25, 0.3) is 0 Å². The Morgan fingerprint density at radius 3 is 2.71 bits per heavy atom. The Bertz CT molecular complexity index is 825. The van der Waals surface area contributed by atoms with Crippen LogP contribution >= 0.6 is 0 Å². The molecule has 38 heavy (non-hydrogen) atoms. The van der Waals surface area contributed by atoms with Gasteiger partial charge in [-0.05, 0) is 69.6 Å². The molecule has 5 N–H and O–H groups in total. The average Bonchev–Trinajstić information content (AvgIpc) is 3.45. The molecule has 11 atom stereocenters. The summed E-state index contributed by atoms with van der Waals surface area (Å²) in [7, 11) is 3.53. The summed E-state index contributed by atoms with van der Waals surface area (Å²) < 4.78 is 17.1. The number of ether oxygens (including phenoxy) is 3. The fraction of sp³-hybridized carbons (Fsp3) is 0.929. The van der Waals surface area contributed by atoms with E-state index in [9.17, 15) is 9.59 Å². The zero-order chi connectivity index (χ0) is 26.8. The van der Waals surface area contributed by atoms with Crippen molar-refractivity contribution in [3.05, 3.63) is 0 Å². The third kappa shape index (κ3) is 5.76. The topological polar surface area (TPSA) is 120 Å². The summed E-state index contributed by atoms with van der Waals surface area (Å²) in [5, 5.41) is 6.99. The lowest BCUT2D eigenvalue weighted by atomic mass is 9.78. The van der Waals surface area contributed by atoms with Gasteiger partial charge in [-0.1, -0.05) is 6.92 Å². The number of quaternary nitrogens is 1. The second-order valence-electron chi connectivity index (χ2n) is 12.4. The average molecular weight is 537 g/mol. The van der Waals surface area contributed by atoms with Crippen molar-refractivity contribution in [1.82, 2.24) is 15.5 Å². The van der Waals surface area contributed by atoms with Gasteiger partial charge < -0.3 is 29.3 Å². The van der Waals surface area contributed by atoms with Crippen LogP contribution in [0.15, 0.2) is 0 Å². The van der Waals surface area contributed by atoms with Crippen molar-refractivity contribution in [1.29, 1.82) is 0 Å². The number of nitrogens with one attached hydrogen (secondary N) is 3. The monoisotopic (exact) mass is 536 g/mol. The maximum absolute atomic E-state index is 13.8. The van der Waals surface area contributed by atoms with E-state index in [-0.39, 0.29) is 54.5 Å². The predicted octanol–water partition coefficient (Wildman–Crippen LogP) is -0.178. The highest BCUT2D eigenvalue weighted by Gasteiger charge is 2.56. The van der Waals surface area contributed by atoms with Gasteiger partial charge in [-0.2, -0.15) is 0 Å². The SMILES string of the molecule is COC1CCC(CC[NH+]2C(N)C(C(=O)NCC3CCCO3)CC3C(=O)N4CCCC(C)C4NC32)CC1OC. The van der Waals surface area contributed by atoms with Crippen LogP contribution in [0.3, 0.4) is 0 Å². The molecule has 5 fully saturated rings. The number of fused-ring (bicyclic) bond motifs is 2. The summed E-state index contributed by atoms with van der Waals surface area (Å²) >= 11 is 0. The number of rotatable bonds is 8. The molecule has 0 spiro atoms. The zero-order valence-electron chi connectivity index (χ0n) is 23.5. The van der Waals surface area contributed by atoms with Gasteiger partial charge in [0.05, 0.1) is 31.0 Å². The number of piperidine rings is 2. The Morgan fingerprint density at radius 1 is 1.16 bits per heavy atom. The van der Waals surface area contributed by atoms with E-state index < -0.39 is 5.92 Å². The Balaban J connectivity index is 1.30. The molecule has 4 saturated heterocycles. The lowest BCUT2D eigenvalue weighted by molar-refractivity contribution is -0.965. The van der Waals surface area contributed by atoms with Crippen LogP contribution in [0.4, 0.5) is 0 Å². The maximum atomic E-state index is 13.8. The number of hydrogen-bond donors (Lipinski definition) is 4. The molecule has 5 rings (SSSR count). The van der Waals surface area contributed by atoms with Crippen LogP contribution in [0.1, 0.15) is 64.7 Å². The minimum Gasteiger partial charge on any atom is -0.379 e. The van der Waals surface area contributed by atoms with Crippen molar-refractivity contribution in [3.63, 3.8) is 0 Å². The van der Waals surface area contributed by atoms with E-state index in [1.54, 1.807) is 14.2 Å². The van der Waals surface area contributed by atoms with Crippen LogP contribution in [0.2, 0.25) is 0 Å². The molecule has 1 aliphatic carbocycles. The minimum atomic E-state index is -0.395. The molecule has 10 heteroatoms. The Labute approximate surface area is 227 Å². The van der Waals surface area contributed by atoms with Crippen molar-refractivity contribution in [2.75, 3.05) is 40.5 Å². The fourth-order valence-electron chi connectivity index (χ4n) is 7.91. The number of amides is 2. The molecule has 0 aromatic carbocycles. The van der Waals surface area contributed by atoms with Gasteiger partial charge in [-0.3, -0.25) is 15.3 Å². The van der Waals surface area contributed by atoms with Crippen molar-refractivity contribution < 1.29 is 28.7 Å². The largest absolute Gasteiger partial charge is 0.379 e. The summed E-state index contributed by atoms with van der Waals surface area (Å²) in [6, 6.07) is 0. The van der Waals surface area contributed by atoms with E-state index in [1.165, 1.54) is 0 Å². The molecule has 0 aromatic rings. The van der Waals surface area contributed by atoms with E-state index in [2.05, 4.69) is 17.6 Å². The van der Waals surface area contributed by atoms with Gasteiger partial charge in [0.2, 0.25) is 11.8 Å². The first-order valence-electron chi connectivity index (χ1n) is 15.0. The van der Waals surface area contributed by atoms with E-state index in [0.29, 0.717) is 24.8 Å². The van der Waals surface area contributed by atoms with Gasteiger partial charge >= 0.3 is 0 Å². The molecule has 11 unspecified atom stereocenters. The first kappa shape index (κ1) is 28.2. The highest BCUT2D eigenvalue weighted by Crippen LogP contribution is 2.33. The highest BCUT2D eigenvalue weighted by molar-refractivity contribution is 5.84. The summed E-state index contributed by atoms with van der Waals surface area (Å²) in [5.74, 6) is 0.458. The smallest absolute Gasteiger partial charge is 0.234 e. The molecule has 0 radical (unpaired) electrons. The molecule has 0 aromatic heterocycles. The number of nitrogens with two attached hydrogens (primary N) is 1. The lowest BCUT2D eigenvalue weighted by Gasteiger charge is -2.54. The quantitative estimate of drug-likeness (QED) is 0.340. The molecule has 1 saturated carbocycles. The third-order valence-corrected chi connectivity index (χ3v) is 10.2. The first-order valence-corrected chi connectivity index (χ1v) is 15.0. The minimum absolute atomic E-state index is 0.0362. The molecule has 0 bridgehead atoms. The van der Waals surface area contributed by atoms with Crippen LogP contribution in [0, 0.1) is 23.7 Å². The van der Waals surface area contributed by atoms with Crippen molar-refractivity contribution in [2.45, 2.75) is 102 Å². The van der Waals surface area contributed by atoms with Crippen molar-refractivity contribution in [3.8, 4) is 0 Å². The number of likely N-dealkylation sites (tertiary alicyclic amines) is 1. The number of nitrogens with zero attached hydrogens (tertiary/aromatic N) is 1. The van der Waals surface area contributed by atoms with Crippen LogP contribution < -0.4 is 21.3 Å². The standard InChI is InChI=1S/C28H49N5O5/c1-17-6-4-11-33-25(17)31-26-21(28(33)35)15-20(27(34)30-16-19-7-5-13-38-19)24(29)32(26)12-10-18-8-9-22(36-2)23(14-18)37-3/h17-26,31H,4-16,29H2,1-3H3,(H,30,34)/p+1. The van der Waals surface area contributed by atoms with Crippen LogP contribution in [-0.4, -0.2) is 94.0 Å². The molecular formula is C28H50N5O5+. The molecule has 216 valence electrons. The summed E-state index contributed by atoms with van der Waals surface area (Å²) in [6.45, 7) is 5.14. The van der Waals surface area contributed by atoms with E-state index in [4.69, 9.17) is 19.9 Å². The molecule has 2 amide bonds. The lowest BCUT2D eigenvalue weighted by Crippen LogP contribution is -3.26. The van der Waals surface area contributed by atoms with Gasteiger partial charge in [0.25, 0.3) is 0 Å². The molecule has 4 aliphatic heterocycles. The van der Waals surface area contributed by atoms with Crippen LogP contribution in [0.5, 0.6) is 0 Å². The summed E-state index contributed by atoms with van der Waals surface area (Å²) in [4.78, 5) is 30.5. The maximum Gasteiger partial charge on any atom is 0.234 e. The molecule has 4 heterocycles. The Hall–Kier alpha value is -1.30. The Kier molecular flexibility index (Phi) is 9.27. The summed E-state index contributed by atoms with van der Waals surface area (Å²) in [5.41, 5.74) is 6.94. The molecule has 10 nitrogen and oxygen atoms in total. The highest BCUT2D eigenvalue weighted by atomic mass is 16.5. The predicted molar refractivity (Wildman–Crippen MR) is 142 cm³/mol. The zero-order valence-corrected chi connectivity index (χ0v) is 23.5. The van der Waals surface area contributed by atoms with Gasteiger partial charge in [0.15, 0.2) is 12.3 Å². The third-order valence-electron chi connectivity index (χ3n) is 10.2. The number of methoxy groups -OCH3 is 2. The first-order chi connectivity index (χ1) is 18.4.